The highest BCUT2D eigenvalue weighted by Crippen LogP contribution is 2.26. The molecular formula is C18H19N3O3S. The maximum atomic E-state index is 12.6. The van der Waals surface area contributed by atoms with Gasteiger partial charge in [0.15, 0.2) is 0 Å². The van der Waals surface area contributed by atoms with Crippen molar-refractivity contribution in [1.82, 2.24) is 9.55 Å². The third kappa shape index (κ3) is 3.41. The molecule has 1 aromatic carbocycles. The zero-order chi connectivity index (χ0) is 18.0. The Kier molecular flexibility index (Phi) is 4.85. The Bertz CT molecular complexity index is 991. The van der Waals surface area contributed by atoms with E-state index in [0.717, 1.165) is 10.4 Å². The fraction of sp³-hybridized carbons (Fsp3) is 0.278. The van der Waals surface area contributed by atoms with Gasteiger partial charge in [0.1, 0.15) is 17.1 Å². The van der Waals surface area contributed by atoms with Crippen molar-refractivity contribution >= 4 is 33.1 Å². The Balaban J connectivity index is 1.84. The molecule has 0 saturated carbocycles. The number of hydrogen-bond acceptors (Lipinski definition) is 5. The first-order valence-corrected chi connectivity index (χ1v) is 8.79. The molecule has 0 saturated heterocycles. The van der Waals surface area contributed by atoms with Crippen LogP contribution in [0.1, 0.15) is 17.4 Å². The van der Waals surface area contributed by atoms with Crippen LogP contribution in [0, 0.1) is 13.8 Å². The van der Waals surface area contributed by atoms with E-state index in [1.54, 1.807) is 12.1 Å². The monoisotopic (exact) mass is 357 g/mol. The van der Waals surface area contributed by atoms with Crippen molar-refractivity contribution in [2.24, 2.45) is 0 Å². The van der Waals surface area contributed by atoms with Gasteiger partial charge in [-0.05, 0) is 38.5 Å². The zero-order valence-corrected chi connectivity index (χ0v) is 15.1. The standard InChI is InChI=1S/C18H19N3O3S/c1-4-24-14-8-6-5-7-13(14)20-15(22)9-21-10-19-17-16(18(21)23)11(2)12(3)25-17/h5-8,10H,4,9H2,1-3H3,(H,20,22). The minimum absolute atomic E-state index is 0.101. The Morgan fingerprint density at radius 2 is 2.08 bits per heavy atom. The van der Waals surface area contributed by atoms with Crippen molar-refractivity contribution in [2.75, 3.05) is 11.9 Å². The lowest BCUT2D eigenvalue weighted by Gasteiger charge is -2.11. The normalized spacial score (nSPS) is 10.8. The number of hydrogen-bond donors (Lipinski definition) is 1. The summed E-state index contributed by atoms with van der Waals surface area (Å²) in [5.41, 5.74) is 1.31. The molecule has 7 heteroatoms. The number of para-hydroxylation sites is 2. The van der Waals surface area contributed by atoms with Crippen LogP contribution in [0.5, 0.6) is 5.75 Å². The second-order valence-electron chi connectivity index (χ2n) is 5.62. The van der Waals surface area contributed by atoms with Gasteiger partial charge < -0.3 is 10.1 Å². The van der Waals surface area contributed by atoms with E-state index in [9.17, 15) is 9.59 Å². The van der Waals surface area contributed by atoms with Crippen molar-refractivity contribution in [3.8, 4) is 5.75 Å². The fourth-order valence-corrected chi connectivity index (χ4v) is 3.57. The SMILES string of the molecule is CCOc1ccccc1NC(=O)Cn1cnc2sc(C)c(C)c2c1=O. The van der Waals surface area contributed by atoms with Crippen LogP contribution < -0.4 is 15.6 Å². The summed E-state index contributed by atoms with van der Waals surface area (Å²) in [6.45, 7) is 6.15. The number of nitrogens with zero attached hydrogens (tertiary/aromatic N) is 2. The highest BCUT2D eigenvalue weighted by atomic mass is 32.1. The summed E-state index contributed by atoms with van der Waals surface area (Å²) in [6.07, 6.45) is 1.42. The molecule has 130 valence electrons. The van der Waals surface area contributed by atoms with E-state index >= 15 is 0 Å². The van der Waals surface area contributed by atoms with E-state index in [1.165, 1.54) is 22.2 Å². The lowest BCUT2D eigenvalue weighted by molar-refractivity contribution is -0.116. The average Bonchev–Trinajstić information content (AvgIpc) is 2.87. The first-order valence-electron chi connectivity index (χ1n) is 7.98. The molecule has 0 radical (unpaired) electrons. The second kappa shape index (κ2) is 7.06. The Morgan fingerprint density at radius 3 is 2.84 bits per heavy atom. The number of carbonyl (C=O) groups is 1. The Morgan fingerprint density at radius 1 is 1.32 bits per heavy atom. The van der Waals surface area contributed by atoms with Gasteiger partial charge in [-0.15, -0.1) is 11.3 Å². The molecule has 0 unspecified atom stereocenters. The van der Waals surface area contributed by atoms with Gasteiger partial charge in [0.05, 0.1) is 24.0 Å². The maximum Gasteiger partial charge on any atom is 0.262 e. The number of carbonyl (C=O) groups excluding carboxylic acids is 1. The van der Waals surface area contributed by atoms with Crippen molar-refractivity contribution < 1.29 is 9.53 Å². The molecule has 3 aromatic rings. The first-order chi connectivity index (χ1) is 12.0. The molecule has 3 rings (SSSR count). The number of benzene rings is 1. The third-order valence-electron chi connectivity index (χ3n) is 3.93. The van der Waals surface area contributed by atoms with Gasteiger partial charge >= 0.3 is 0 Å². The summed E-state index contributed by atoms with van der Waals surface area (Å²) in [4.78, 5) is 31.1. The molecule has 1 N–H and O–H groups in total. The average molecular weight is 357 g/mol. The molecule has 0 spiro atoms. The van der Waals surface area contributed by atoms with Crippen molar-refractivity contribution in [3.05, 3.63) is 51.4 Å². The van der Waals surface area contributed by atoms with Crippen LogP contribution >= 0.6 is 11.3 Å². The van der Waals surface area contributed by atoms with Gasteiger partial charge in [-0.1, -0.05) is 12.1 Å². The number of aromatic nitrogens is 2. The molecule has 0 aliphatic carbocycles. The first kappa shape index (κ1) is 17.2. The van der Waals surface area contributed by atoms with Crippen molar-refractivity contribution in [1.29, 1.82) is 0 Å². The van der Waals surface area contributed by atoms with Crippen LogP contribution in [-0.2, 0) is 11.3 Å². The van der Waals surface area contributed by atoms with E-state index in [0.29, 0.717) is 28.3 Å². The quantitative estimate of drug-likeness (QED) is 0.761. The second-order valence-corrected chi connectivity index (χ2v) is 6.82. The molecule has 0 fully saturated rings. The largest absolute Gasteiger partial charge is 0.492 e. The van der Waals surface area contributed by atoms with Crippen molar-refractivity contribution in [2.45, 2.75) is 27.3 Å². The number of rotatable bonds is 5. The van der Waals surface area contributed by atoms with Crippen molar-refractivity contribution in [3.63, 3.8) is 0 Å². The summed E-state index contributed by atoms with van der Waals surface area (Å²) in [6, 6.07) is 7.20. The minimum Gasteiger partial charge on any atom is -0.492 e. The minimum atomic E-state index is -0.306. The lowest BCUT2D eigenvalue weighted by Crippen LogP contribution is -2.28. The number of nitrogens with one attached hydrogen (secondary N) is 1. The third-order valence-corrected chi connectivity index (χ3v) is 5.05. The van der Waals surface area contributed by atoms with Gasteiger partial charge in [0.2, 0.25) is 5.91 Å². The predicted molar refractivity (Wildman–Crippen MR) is 99.6 cm³/mol. The fourth-order valence-electron chi connectivity index (χ4n) is 2.58. The van der Waals surface area contributed by atoms with E-state index in [2.05, 4.69) is 10.3 Å². The van der Waals surface area contributed by atoms with Gasteiger partial charge in [-0.25, -0.2) is 4.98 Å². The van der Waals surface area contributed by atoms with Crippen LogP contribution in [0.15, 0.2) is 35.4 Å². The molecule has 0 atom stereocenters. The zero-order valence-electron chi connectivity index (χ0n) is 14.3. The summed E-state index contributed by atoms with van der Waals surface area (Å²) < 4.78 is 6.83. The van der Waals surface area contributed by atoms with Gasteiger partial charge in [-0.3, -0.25) is 14.2 Å². The molecular weight excluding hydrogens is 338 g/mol. The molecule has 2 aromatic heterocycles. The molecule has 25 heavy (non-hydrogen) atoms. The van der Waals surface area contributed by atoms with E-state index < -0.39 is 0 Å². The number of anilines is 1. The number of fused-ring (bicyclic) bond motifs is 1. The van der Waals surface area contributed by atoms with Crippen LogP contribution in [0.2, 0.25) is 0 Å². The van der Waals surface area contributed by atoms with Crippen LogP contribution in [-0.4, -0.2) is 22.1 Å². The molecule has 0 aliphatic heterocycles. The number of thiophene rings is 1. The maximum absolute atomic E-state index is 12.6. The molecule has 0 aliphatic rings. The highest BCUT2D eigenvalue weighted by molar-refractivity contribution is 7.18. The summed E-state index contributed by atoms with van der Waals surface area (Å²) >= 11 is 1.49. The number of ether oxygens (including phenoxy) is 1. The molecule has 1 amide bonds. The van der Waals surface area contributed by atoms with E-state index in [1.807, 2.05) is 32.9 Å². The summed E-state index contributed by atoms with van der Waals surface area (Å²) in [5.74, 6) is 0.295. The molecule has 0 bridgehead atoms. The topological polar surface area (TPSA) is 73.2 Å². The van der Waals surface area contributed by atoms with Crippen LogP contribution in [0.25, 0.3) is 10.2 Å². The number of amides is 1. The molecule has 6 nitrogen and oxygen atoms in total. The predicted octanol–water partition coefficient (Wildman–Crippen LogP) is 3.11. The van der Waals surface area contributed by atoms with Crippen LogP contribution in [0.3, 0.4) is 0 Å². The van der Waals surface area contributed by atoms with Gasteiger partial charge in [0, 0.05) is 4.88 Å². The summed E-state index contributed by atoms with van der Waals surface area (Å²) in [7, 11) is 0. The summed E-state index contributed by atoms with van der Waals surface area (Å²) in [5, 5.41) is 3.38. The molecule has 2 heterocycles. The Labute approximate surface area is 149 Å². The van der Waals surface area contributed by atoms with E-state index in [-0.39, 0.29) is 18.0 Å². The van der Waals surface area contributed by atoms with E-state index in [4.69, 9.17) is 4.74 Å². The van der Waals surface area contributed by atoms with Gasteiger partial charge in [0.25, 0.3) is 5.56 Å². The van der Waals surface area contributed by atoms with Crippen LogP contribution in [0.4, 0.5) is 5.69 Å². The Hall–Kier alpha value is -2.67. The highest BCUT2D eigenvalue weighted by Gasteiger charge is 2.14. The lowest BCUT2D eigenvalue weighted by atomic mass is 10.2. The smallest absolute Gasteiger partial charge is 0.262 e. The number of aryl methyl sites for hydroxylation is 2. The van der Waals surface area contributed by atoms with Gasteiger partial charge in [-0.2, -0.15) is 0 Å².